The molecular formula is C4H7N. The molecule has 1 aliphatic rings. The van der Waals surface area contributed by atoms with Crippen LogP contribution in [0, 0.1) is 0 Å². The van der Waals surface area contributed by atoms with Gasteiger partial charge in [0.15, 0.2) is 0 Å². The van der Waals surface area contributed by atoms with Gasteiger partial charge in [-0.05, 0) is 12.6 Å². The smallest absolute Gasteiger partial charge is 0.0328 e. The van der Waals surface area contributed by atoms with E-state index < -0.39 is 0 Å². The van der Waals surface area contributed by atoms with E-state index in [2.05, 4.69) is 5.32 Å². The zero-order valence-electron chi connectivity index (χ0n) is 3.94. The van der Waals surface area contributed by atoms with E-state index in [0.29, 0.717) is 0 Å². The van der Waals surface area contributed by atoms with Crippen LogP contribution in [0.2, 0.25) is 0 Å². The number of nitrogens with one attached hydrogen (secondary N) is 1. The largest absolute Gasteiger partial charge is 0.391 e. The van der Waals surface area contributed by atoms with E-state index in [0.717, 1.165) is 6.54 Å². The van der Waals surface area contributed by atoms with Crippen molar-refractivity contribution < 1.29 is 1.37 Å². The Balaban J connectivity index is 2.38. The minimum atomic E-state index is 0.00463. The van der Waals surface area contributed by atoms with E-state index >= 15 is 0 Å². The standard InChI is InChI=1S/C4H7N/c1-2-4-5-3-1/h1,3,5H,2,4H2/i2D. The molecule has 28 valence electrons. The highest BCUT2D eigenvalue weighted by Gasteiger charge is 1.81. The predicted octanol–water partition coefficient (Wildman–Crippen LogP) is 0.493. The zero-order valence-corrected chi connectivity index (χ0v) is 2.94. The van der Waals surface area contributed by atoms with Gasteiger partial charge >= 0.3 is 0 Å². The van der Waals surface area contributed by atoms with Crippen LogP contribution in [0.5, 0.6) is 0 Å². The molecule has 1 heterocycles. The topological polar surface area (TPSA) is 12.0 Å². The Kier molecular flexibility index (Phi) is 0.411. The molecule has 5 heavy (non-hydrogen) atoms. The molecule has 1 unspecified atom stereocenters. The summed E-state index contributed by atoms with van der Waals surface area (Å²) in [6, 6.07) is 0. The molecule has 1 atom stereocenters. The molecule has 1 N–H and O–H groups in total. The first-order valence-electron chi connectivity index (χ1n) is 2.29. The number of rotatable bonds is 0. The van der Waals surface area contributed by atoms with Crippen molar-refractivity contribution in [1.82, 2.24) is 5.32 Å². The predicted molar refractivity (Wildman–Crippen MR) is 21.8 cm³/mol. The van der Waals surface area contributed by atoms with Gasteiger partial charge in [0.1, 0.15) is 0 Å². The van der Waals surface area contributed by atoms with Crippen LogP contribution in [-0.2, 0) is 0 Å². The quantitative estimate of drug-likeness (QED) is 0.437. The fraction of sp³-hybridized carbons (Fsp3) is 0.500. The van der Waals surface area contributed by atoms with Crippen molar-refractivity contribution in [2.45, 2.75) is 6.40 Å². The monoisotopic (exact) mass is 70.1 g/mol. The highest BCUT2D eigenvalue weighted by Crippen LogP contribution is 1.84. The maximum absolute atomic E-state index is 6.98. The Bertz CT molecular complexity index is 69.9. The Labute approximate surface area is 33.1 Å². The average Bonchev–Trinajstić information content (AvgIpc) is 1.86. The lowest BCUT2D eigenvalue weighted by molar-refractivity contribution is 0.917. The van der Waals surface area contributed by atoms with Gasteiger partial charge in [0.05, 0.1) is 0 Å². The number of hydrogen-bond donors (Lipinski definition) is 1. The van der Waals surface area contributed by atoms with Gasteiger partial charge in [-0.15, -0.1) is 0 Å². The summed E-state index contributed by atoms with van der Waals surface area (Å²) >= 11 is 0. The summed E-state index contributed by atoms with van der Waals surface area (Å²) in [6.07, 6.45) is 3.66. The molecule has 1 aliphatic heterocycles. The first-order chi connectivity index (χ1) is 2.89. The first-order valence-corrected chi connectivity index (χ1v) is 1.72. The summed E-state index contributed by atoms with van der Waals surface area (Å²) in [7, 11) is 0. The highest BCUT2D eigenvalue weighted by atomic mass is 14.8. The molecule has 0 aromatic heterocycles. The van der Waals surface area contributed by atoms with Crippen molar-refractivity contribution in [3.8, 4) is 0 Å². The summed E-state index contributed by atoms with van der Waals surface area (Å²) in [5.41, 5.74) is 0. The zero-order chi connectivity index (χ0) is 4.41. The van der Waals surface area contributed by atoms with Gasteiger partial charge < -0.3 is 5.32 Å². The minimum absolute atomic E-state index is 0.00463. The van der Waals surface area contributed by atoms with Gasteiger partial charge in [-0.1, -0.05) is 6.08 Å². The maximum atomic E-state index is 6.98. The van der Waals surface area contributed by atoms with Crippen molar-refractivity contribution in [3.63, 3.8) is 0 Å². The second kappa shape index (κ2) is 1.11. The van der Waals surface area contributed by atoms with Crippen LogP contribution in [0.4, 0.5) is 0 Å². The van der Waals surface area contributed by atoms with E-state index in [1.165, 1.54) is 0 Å². The summed E-state index contributed by atoms with van der Waals surface area (Å²) in [5, 5.41) is 2.90. The van der Waals surface area contributed by atoms with Crippen LogP contribution in [0.25, 0.3) is 0 Å². The first kappa shape index (κ1) is 1.85. The molecule has 0 fully saturated rings. The molecule has 0 saturated carbocycles. The Morgan fingerprint density at radius 2 is 3.00 bits per heavy atom. The number of hydrogen-bond acceptors (Lipinski definition) is 1. The third-order valence-electron chi connectivity index (χ3n) is 0.586. The molecule has 0 aromatic rings. The van der Waals surface area contributed by atoms with Crippen LogP contribution < -0.4 is 5.32 Å². The maximum Gasteiger partial charge on any atom is 0.0328 e. The second-order valence-electron chi connectivity index (χ2n) is 1.00. The fourth-order valence-electron chi connectivity index (χ4n) is 0.340. The molecule has 1 rings (SSSR count). The molecular weight excluding hydrogens is 62.1 g/mol. The Morgan fingerprint density at radius 1 is 2.00 bits per heavy atom. The van der Waals surface area contributed by atoms with Gasteiger partial charge in [-0.25, -0.2) is 0 Å². The molecule has 0 bridgehead atoms. The van der Waals surface area contributed by atoms with Crippen molar-refractivity contribution >= 4 is 0 Å². The van der Waals surface area contributed by atoms with Crippen LogP contribution in [-0.4, -0.2) is 6.54 Å². The van der Waals surface area contributed by atoms with E-state index in [9.17, 15) is 0 Å². The van der Waals surface area contributed by atoms with Gasteiger partial charge in [-0.3, -0.25) is 0 Å². The van der Waals surface area contributed by atoms with Crippen molar-refractivity contribution in [2.24, 2.45) is 0 Å². The summed E-state index contributed by atoms with van der Waals surface area (Å²) in [5.74, 6) is 0. The summed E-state index contributed by atoms with van der Waals surface area (Å²) in [4.78, 5) is 0. The average molecular weight is 70.1 g/mol. The van der Waals surface area contributed by atoms with Gasteiger partial charge in [0.25, 0.3) is 0 Å². The normalized spacial score (nSPS) is 36.8. The Morgan fingerprint density at radius 3 is 3.20 bits per heavy atom. The van der Waals surface area contributed by atoms with Crippen molar-refractivity contribution in [2.75, 3.05) is 6.54 Å². The lowest BCUT2D eigenvalue weighted by Gasteiger charge is -1.78. The van der Waals surface area contributed by atoms with E-state index in [1.807, 2.05) is 12.3 Å². The summed E-state index contributed by atoms with van der Waals surface area (Å²) < 4.78 is 6.98. The van der Waals surface area contributed by atoms with Crippen LogP contribution >= 0.6 is 0 Å². The third-order valence-corrected chi connectivity index (χ3v) is 0.586. The van der Waals surface area contributed by atoms with Crippen molar-refractivity contribution in [3.05, 3.63) is 12.3 Å². The van der Waals surface area contributed by atoms with Crippen LogP contribution in [0.15, 0.2) is 12.3 Å². The molecule has 0 amide bonds. The molecule has 0 saturated heterocycles. The molecule has 0 aromatic carbocycles. The Hall–Kier alpha value is -0.460. The molecule has 0 radical (unpaired) electrons. The molecule has 0 aliphatic carbocycles. The van der Waals surface area contributed by atoms with E-state index in [4.69, 9.17) is 1.37 Å². The van der Waals surface area contributed by atoms with Crippen LogP contribution in [0.1, 0.15) is 7.77 Å². The van der Waals surface area contributed by atoms with E-state index in [-0.39, 0.29) is 6.40 Å². The molecule has 0 spiro atoms. The SMILES string of the molecule is [2H]C1C=CNC1. The van der Waals surface area contributed by atoms with Gasteiger partial charge in [0, 0.05) is 7.92 Å². The second-order valence-corrected chi connectivity index (χ2v) is 1.00. The fourth-order valence-corrected chi connectivity index (χ4v) is 0.340. The molecule has 1 heteroatoms. The third kappa shape index (κ3) is 0.407. The van der Waals surface area contributed by atoms with E-state index in [1.54, 1.807) is 0 Å². The van der Waals surface area contributed by atoms with Gasteiger partial charge in [0.2, 0.25) is 0 Å². The lowest BCUT2D eigenvalue weighted by Crippen LogP contribution is -1.96. The van der Waals surface area contributed by atoms with Gasteiger partial charge in [-0.2, -0.15) is 0 Å². The minimum Gasteiger partial charge on any atom is -0.391 e. The molecule has 1 nitrogen and oxygen atoms in total. The summed E-state index contributed by atoms with van der Waals surface area (Å²) in [6.45, 7) is 0.792. The lowest BCUT2D eigenvalue weighted by atomic mass is 10.5. The van der Waals surface area contributed by atoms with Crippen molar-refractivity contribution in [1.29, 1.82) is 0 Å². The highest BCUT2D eigenvalue weighted by molar-refractivity contribution is 4.86. The van der Waals surface area contributed by atoms with Crippen LogP contribution in [0.3, 0.4) is 0 Å².